The first kappa shape index (κ1) is 21.3. The molecule has 0 aliphatic carbocycles. The Hall–Kier alpha value is -1.79. The molecule has 0 N–H and O–H groups in total. The van der Waals surface area contributed by atoms with E-state index in [1.165, 1.54) is 4.90 Å². The molecule has 7 heteroatoms. The highest BCUT2D eigenvalue weighted by atomic mass is 16.6. The molecule has 0 saturated carbocycles. The Morgan fingerprint density at radius 2 is 1.52 bits per heavy atom. The number of ether oxygens (including phenoxy) is 3. The van der Waals surface area contributed by atoms with Crippen LogP contribution in [0, 0.1) is 0 Å². The van der Waals surface area contributed by atoms with Gasteiger partial charge in [-0.2, -0.15) is 0 Å². The summed E-state index contributed by atoms with van der Waals surface area (Å²) in [4.78, 5) is 38.3. The van der Waals surface area contributed by atoms with E-state index in [2.05, 4.69) is 0 Å². The Morgan fingerprint density at radius 3 is 2.00 bits per heavy atom. The Labute approximate surface area is 150 Å². The molecule has 1 aliphatic rings. The third kappa shape index (κ3) is 6.92. The second-order valence-electron chi connectivity index (χ2n) is 8.18. The molecule has 1 unspecified atom stereocenters. The molecule has 1 fully saturated rings. The first-order valence-electron chi connectivity index (χ1n) is 8.74. The van der Waals surface area contributed by atoms with Crippen LogP contribution in [-0.4, -0.2) is 52.8 Å². The molecule has 0 spiro atoms. The number of esters is 2. The van der Waals surface area contributed by atoms with Gasteiger partial charge < -0.3 is 14.2 Å². The van der Waals surface area contributed by atoms with Gasteiger partial charge in [-0.15, -0.1) is 0 Å². The van der Waals surface area contributed by atoms with E-state index < -0.39 is 41.3 Å². The highest BCUT2D eigenvalue weighted by molar-refractivity contribution is 5.83. The van der Waals surface area contributed by atoms with E-state index in [0.29, 0.717) is 12.8 Å². The molecule has 1 amide bonds. The van der Waals surface area contributed by atoms with Gasteiger partial charge in [0.2, 0.25) is 0 Å². The lowest BCUT2D eigenvalue weighted by Crippen LogP contribution is -2.49. The zero-order chi connectivity index (χ0) is 19.4. The average Bonchev–Trinajstić information content (AvgIpc) is 2.78. The lowest BCUT2D eigenvalue weighted by atomic mass is 10.1. The highest BCUT2D eigenvalue weighted by Crippen LogP contribution is 2.30. The minimum atomic E-state index is -0.756. The van der Waals surface area contributed by atoms with Crippen molar-refractivity contribution in [2.75, 3.05) is 6.61 Å². The highest BCUT2D eigenvalue weighted by Gasteiger charge is 2.45. The van der Waals surface area contributed by atoms with Crippen LogP contribution >= 0.6 is 0 Å². The molecule has 0 aromatic rings. The van der Waals surface area contributed by atoms with Gasteiger partial charge in [0.25, 0.3) is 0 Å². The van der Waals surface area contributed by atoms with Gasteiger partial charge >= 0.3 is 18.0 Å². The molecule has 1 heterocycles. The minimum absolute atomic E-state index is 0.0341. The summed E-state index contributed by atoms with van der Waals surface area (Å²) < 4.78 is 15.8. The maximum Gasteiger partial charge on any atom is 0.411 e. The van der Waals surface area contributed by atoms with Crippen molar-refractivity contribution in [3.05, 3.63) is 0 Å². The molecule has 2 atom stereocenters. The number of rotatable bonds is 4. The van der Waals surface area contributed by atoms with Crippen molar-refractivity contribution in [1.29, 1.82) is 0 Å². The summed E-state index contributed by atoms with van der Waals surface area (Å²) >= 11 is 0. The SMILES string of the molecule is CCOC(=O)C[C@@H]1CCC(C(=O)OC(C)(C)C)N1C(=O)OC(C)(C)C. The summed E-state index contributed by atoms with van der Waals surface area (Å²) in [6.45, 7) is 12.6. The van der Waals surface area contributed by atoms with Gasteiger partial charge in [-0.05, 0) is 61.3 Å². The predicted molar refractivity (Wildman–Crippen MR) is 92.0 cm³/mol. The number of carbonyl (C=O) groups excluding carboxylic acids is 3. The smallest absolute Gasteiger partial charge is 0.411 e. The van der Waals surface area contributed by atoms with E-state index in [0.717, 1.165) is 0 Å². The van der Waals surface area contributed by atoms with Crippen LogP contribution in [0.25, 0.3) is 0 Å². The lowest BCUT2D eigenvalue weighted by molar-refractivity contribution is -0.161. The van der Waals surface area contributed by atoms with E-state index in [4.69, 9.17) is 14.2 Å². The van der Waals surface area contributed by atoms with Crippen molar-refractivity contribution < 1.29 is 28.6 Å². The largest absolute Gasteiger partial charge is 0.466 e. The maximum absolute atomic E-state index is 12.6. The first-order chi connectivity index (χ1) is 11.3. The zero-order valence-corrected chi connectivity index (χ0v) is 16.4. The normalized spacial score (nSPS) is 21.0. The van der Waals surface area contributed by atoms with Gasteiger partial charge in [0, 0.05) is 6.04 Å². The Balaban J connectivity index is 2.97. The van der Waals surface area contributed by atoms with Gasteiger partial charge in [-0.1, -0.05) is 0 Å². The number of amides is 1. The van der Waals surface area contributed by atoms with E-state index >= 15 is 0 Å². The molecule has 1 rings (SSSR count). The van der Waals surface area contributed by atoms with Crippen LogP contribution in [0.3, 0.4) is 0 Å². The van der Waals surface area contributed by atoms with Gasteiger partial charge in [0.05, 0.1) is 13.0 Å². The average molecular weight is 357 g/mol. The quantitative estimate of drug-likeness (QED) is 0.568. The summed E-state index contributed by atoms with van der Waals surface area (Å²) in [6.07, 6.45) is 0.363. The topological polar surface area (TPSA) is 82.1 Å². The van der Waals surface area contributed by atoms with Crippen LogP contribution in [-0.2, 0) is 23.8 Å². The third-order valence-electron chi connectivity index (χ3n) is 3.49. The molecule has 25 heavy (non-hydrogen) atoms. The molecule has 7 nitrogen and oxygen atoms in total. The van der Waals surface area contributed by atoms with Crippen molar-refractivity contribution in [3.8, 4) is 0 Å². The van der Waals surface area contributed by atoms with Crippen molar-refractivity contribution >= 4 is 18.0 Å². The molecule has 1 aliphatic heterocycles. The van der Waals surface area contributed by atoms with Crippen molar-refractivity contribution in [2.24, 2.45) is 0 Å². The summed E-state index contributed by atoms with van der Waals surface area (Å²) in [7, 11) is 0. The maximum atomic E-state index is 12.6. The van der Waals surface area contributed by atoms with E-state index in [1.807, 2.05) is 0 Å². The van der Waals surface area contributed by atoms with Gasteiger partial charge in [-0.3, -0.25) is 9.69 Å². The fourth-order valence-electron chi connectivity index (χ4n) is 2.69. The van der Waals surface area contributed by atoms with Crippen LogP contribution in [0.1, 0.15) is 67.7 Å². The molecule has 1 saturated heterocycles. The molecule has 0 radical (unpaired) electrons. The Kier molecular flexibility index (Phi) is 6.85. The van der Waals surface area contributed by atoms with Gasteiger partial charge in [0.1, 0.15) is 17.2 Å². The summed E-state index contributed by atoms with van der Waals surface area (Å²) in [6, 6.07) is -1.19. The number of likely N-dealkylation sites (tertiary alicyclic amines) is 1. The molecular formula is C18H31NO6. The number of hydrogen-bond acceptors (Lipinski definition) is 6. The van der Waals surface area contributed by atoms with Crippen LogP contribution < -0.4 is 0 Å². The summed E-state index contributed by atoms with van der Waals surface area (Å²) in [5.41, 5.74) is -1.36. The molecule has 0 aromatic carbocycles. The zero-order valence-electron chi connectivity index (χ0n) is 16.4. The standard InChI is InChI=1S/C18H31NO6/c1-8-23-14(20)11-12-9-10-13(15(21)24-17(2,3)4)19(12)16(22)25-18(5,6)7/h12-13H,8-11H2,1-7H3/t12-,13?/m0/s1. The fourth-order valence-corrected chi connectivity index (χ4v) is 2.69. The molecule has 0 aromatic heterocycles. The Bertz CT molecular complexity index is 503. The fraction of sp³-hybridized carbons (Fsp3) is 0.833. The van der Waals surface area contributed by atoms with E-state index in [9.17, 15) is 14.4 Å². The molecular weight excluding hydrogens is 326 g/mol. The third-order valence-corrected chi connectivity index (χ3v) is 3.49. The summed E-state index contributed by atoms with van der Waals surface area (Å²) in [5.74, 6) is -0.879. The van der Waals surface area contributed by atoms with Crippen molar-refractivity contribution in [1.82, 2.24) is 4.90 Å². The lowest BCUT2D eigenvalue weighted by Gasteiger charge is -2.32. The predicted octanol–water partition coefficient (Wildman–Crippen LogP) is 3.05. The minimum Gasteiger partial charge on any atom is -0.466 e. The van der Waals surface area contributed by atoms with Crippen LogP contribution in [0.15, 0.2) is 0 Å². The molecule has 144 valence electrons. The van der Waals surface area contributed by atoms with Crippen LogP contribution in [0.2, 0.25) is 0 Å². The van der Waals surface area contributed by atoms with Gasteiger partial charge in [0.15, 0.2) is 0 Å². The van der Waals surface area contributed by atoms with E-state index in [-0.39, 0.29) is 13.0 Å². The van der Waals surface area contributed by atoms with Crippen molar-refractivity contribution in [2.45, 2.75) is 91.0 Å². The second-order valence-corrected chi connectivity index (χ2v) is 8.18. The van der Waals surface area contributed by atoms with Crippen LogP contribution in [0.5, 0.6) is 0 Å². The molecule has 0 bridgehead atoms. The van der Waals surface area contributed by atoms with Crippen molar-refractivity contribution in [3.63, 3.8) is 0 Å². The number of hydrogen-bond donors (Lipinski definition) is 0. The number of nitrogens with zero attached hydrogens (tertiary/aromatic N) is 1. The Morgan fingerprint density at radius 1 is 0.960 bits per heavy atom. The van der Waals surface area contributed by atoms with Gasteiger partial charge in [-0.25, -0.2) is 9.59 Å². The first-order valence-corrected chi connectivity index (χ1v) is 8.74. The summed E-state index contributed by atoms with van der Waals surface area (Å²) in [5, 5.41) is 0. The second kappa shape index (κ2) is 8.06. The van der Waals surface area contributed by atoms with Crippen LogP contribution in [0.4, 0.5) is 4.79 Å². The number of carbonyl (C=O) groups is 3. The monoisotopic (exact) mass is 357 g/mol. The van der Waals surface area contributed by atoms with E-state index in [1.54, 1.807) is 48.5 Å².